The van der Waals surface area contributed by atoms with Gasteiger partial charge in [0.2, 0.25) is 0 Å². The van der Waals surface area contributed by atoms with E-state index in [2.05, 4.69) is 5.32 Å². The lowest BCUT2D eigenvalue weighted by Crippen LogP contribution is -2.65. The number of hydrogen-bond donors (Lipinski definition) is 3. The van der Waals surface area contributed by atoms with Crippen molar-refractivity contribution in [3.8, 4) is 0 Å². The molecule has 2 saturated carbocycles. The molecule has 5 atom stereocenters. The van der Waals surface area contributed by atoms with E-state index < -0.39 is 53.2 Å². The minimum absolute atomic E-state index is 0.00183. The van der Waals surface area contributed by atoms with Crippen molar-refractivity contribution in [1.82, 2.24) is 0 Å². The number of carboxylic acid groups (broad SMARTS) is 1. The summed E-state index contributed by atoms with van der Waals surface area (Å²) >= 11 is 0. The molecule has 0 saturated heterocycles. The largest absolute Gasteiger partial charge is 0.478 e. The van der Waals surface area contributed by atoms with Crippen LogP contribution in [0.4, 0.5) is 27.6 Å². The third-order valence-electron chi connectivity index (χ3n) is 10.7. The maximum Gasteiger partial charge on any atom is 0.456 e. The Kier molecular flexibility index (Phi) is 7.34. The smallest absolute Gasteiger partial charge is 0.456 e. The highest BCUT2D eigenvalue weighted by Gasteiger charge is 2.79. The van der Waals surface area contributed by atoms with Gasteiger partial charge in [0.15, 0.2) is 5.78 Å². The normalized spacial score (nSPS) is 29.8. The molecule has 238 valence electrons. The average Bonchev–Trinajstić information content (AvgIpc) is 3.27. The first-order valence-corrected chi connectivity index (χ1v) is 15.0. The predicted molar refractivity (Wildman–Crippen MR) is 154 cm³/mol. The number of alkyl halides is 5. The van der Waals surface area contributed by atoms with Gasteiger partial charge in [0.05, 0.1) is 5.56 Å². The predicted octanol–water partition coefficient (Wildman–Crippen LogP) is 7.47. The summed E-state index contributed by atoms with van der Waals surface area (Å²) in [5.41, 5.74) is -0.989. The Labute approximate surface area is 256 Å². The second-order valence-electron chi connectivity index (χ2n) is 12.9. The zero-order chi connectivity index (χ0) is 32.5. The number of aliphatic hydroxyl groups is 1. The van der Waals surface area contributed by atoms with E-state index in [1.807, 2.05) is 0 Å². The summed E-state index contributed by atoms with van der Waals surface area (Å²) in [5, 5.41) is 23.2. The molecule has 6 rings (SSSR count). The van der Waals surface area contributed by atoms with Crippen molar-refractivity contribution in [2.45, 2.75) is 75.5 Å². The number of amides is 1. The average molecular weight is 630 g/mol. The number of carbonyl (C=O) groups is 3. The van der Waals surface area contributed by atoms with E-state index in [1.165, 1.54) is 31.2 Å². The molecule has 0 bridgehead atoms. The molecular formula is C34H32F5NO5. The van der Waals surface area contributed by atoms with Gasteiger partial charge in [0, 0.05) is 29.0 Å². The molecule has 6 nitrogen and oxygen atoms in total. The SMILES string of the molecule is C[C@]12C[C@H](c3ccc(C(=O)Nc4ccc(C(=O)O)cc4)cc3)C3=C4CCC(=O)C=C4CC[C@H]3C1CC[C@@]2(O)C(F)(F)C(F)(F)F. The standard InChI is InChI=1S/C34H32F5NO5/c1-31-17-26(18-2-4-19(5-3-18)29(42)40-22-9-6-20(7-10-22)30(43)44)28-24-13-11-23(41)16-21(24)8-12-25(28)27(31)14-15-32(31,45)33(35,36)34(37,38)39/h2-7,9-10,16,25-27,45H,8,11-15,17H2,1H3,(H,40,42)(H,43,44)/t25-,26+,27?,31-,32-/m0/s1. The maximum absolute atomic E-state index is 15.2. The van der Waals surface area contributed by atoms with Crippen LogP contribution in [0.1, 0.15) is 84.1 Å². The molecule has 0 spiro atoms. The second-order valence-corrected chi connectivity index (χ2v) is 12.9. The van der Waals surface area contributed by atoms with Crippen molar-refractivity contribution in [2.24, 2.45) is 17.3 Å². The van der Waals surface area contributed by atoms with E-state index in [0.717, 1.165) is 16.7 Å². The lowest BCUT2D eigenvalue weighted by Gasteiger charge is -2.56. The number of anilines is 1. The van der Waals surface area contributed by atoms with Crippen molar-refractivity contribution in [3.63, 3.8) is 0 Å². The number of carboxylic acids is 1. The quantitative estimate of drug-likeness (QED) is 0.298. The van der Waals surface area contributed by atoms with Gasteiger partial charge in [-0.3, -0.25) is 9.59 Å². The fourth-order valence-electron chi connectivity index (χ4n) is 8.48. The van der Waals surface area contributed by atoms with Crippen LogP contribution in [0.5, 0.6) is 0 Å². The molecule has 4 aliphatic rings. The number of allylic oxidation sites excluding steroid dienone is 4. The Balaban J connectivity index is 1.38. The van der Waals surface area contributed by atoms with Gasteiger partial charge >= 0.3 is 18.1 Å². The molecule has 0 aromatic heterocycles. The van der Waals surface area contributed by atoms with Gasteiger partial charge in [-0.1, -0.05) is 24.6 Å². The number of hydrogen-bond acceptors (Lipinski definition) is 4. The first kappa shape index (κ1) is 31.1. The number of carbonyl (C=O) groups excluding carboxylic acids is 2. The summed E-state index contributed by atoms with van der Waals surface area (Å²) in [6, 6.07) is 12.0. The van der Waals surface area contributed by atoms with E-state index in [9.17, 15) is 32.7 Å². The minimum Gasteiger partial charge on any atom is -0.478 e. The summed E-state index contributed by atoms with van der Waals surface area (Å²) in [5.74, 6) is -8.47. The van der Waals surface area contributed by atoms with Crippen molar-refractivity contribution in [3.05, 3.63) is 88.0 Å². The first-order valence-electron chi connectivity index (χ1n) is 15.0. The van der Waals surface area contributed by atoms with Gasteiger partial charge in [-0.2, -0.15) is 22.0 Å². The molecular weight excluding hydrogens is 597 g/mol. The molecule has 11 heteroatoms. The second kappa shape index (κ2) is 10.6. The minimum atomic E-state index is -5.93. The third-order valence-corrected chi connectivity index (χ3v) is 10.7. The molecule has 1 unspecified atom stereocenters. The first-order chi connectivity index (χ1) is 21.1. The number of benzene rings is 2. The summed E-state index contributed by atoms with van der Waals surface area (Å²) in [6.07, 6.45) is -3.39. The topological polar surface area (TPSA) is 104 Å². The van der Waals surface area contributed by atoms with Gasteiger partial charge < -0.3 is 15.5 Å². The highest BCUT2D eigenvalue weighted by atomic mass is 19.4. The Morgan fingerprint density at radius 3 is 2.18 bits per heavy atom. The lowest BCUT2D eigenvalue weighted by atomic mass is 9.50. The molecule has 2 aromatic rings. The zero-order valence-electron chi connectivity index (χ0n) is 24.4. The highest BCUT2D eigenvalue weighted by molar-refractivity contribution is 6.04. The number of rotatable bonds is 5. The molecule has 0 heterocycles. The summed E-state index contributed by atoms with van der Waals surface area (Å²) in [4.78, 5) is 36.3. The van der Waals surface area contributed by atoms with E-state index >= 15 is 8.78 Å². The number of halogens is 5. The summed E-state index contributed by atoms with van der Waals surface area (Å²) in [7, 11) is 0. The monoisotopic (exact) mass is 629 g/mol. The van der Waals surface area contributed by atoms with Gasteiger partial charge in [-0.15, -0.1) is 0 Å². The molecule has 1 amide bonds. The van der Waals surface area contributed by atoms with Crippen LogP contribution in [-0.4, -0.2) is 45.6 Å². The molecule has 2 aromatic carbocycles. The van der Waals surface area contributed by atoms with Gasteiger partial charge in [0.1, 0.15) is 5.60 Å². The maximum atomic E-state index is 15.2. The van der Waals surface area contributed by atoms with Gasteiger partial charge in [0.25, 0.3) is 5.91 Å². The van der Waals surface area contributed by atoms with E-state index in [0.29, 0.717) is 30.5 Å². The number of ketones is 1. The summed E-state index contributed by atoms with van der Waals surface area (Å²) in [6.45, 7) is 1.37. The van der Waals surface area contributed by atoms with Crippen molar-refractivity contribution >= 4 is 23.3 Å². The van der Waals surface area contributed by atoms with Crippen LogP contribution in [0.25, 0.3) is 0 Å². The van der Waals surface area contributed by atoms with Gasteiger partial charge in [-0.05, 0) is 110 Å². The third kappa shape index (κ3) is 4.81. The van der Waals surface area contributed by atoms with Crippen LogP contribution in [0, 0.1) is 17.3 Å². The number of nitrogens with one attached hydrogen (secondary N) is 1. The Bertz CT molecular complexity index is 1630. The van der Waals surface area contributed by atoms with Crippen LogP contribution in [0.3, 0.4) is 0 Å². The molecule has 2 fully saturated rings. The van der Waals surface area contributed by atoms with Crippen molar-refractivity contribution < 1.29 is 46.5 Å². The van der Waals surface area contributed by atoms with Crippen LogP contribution in [-0.2, 0) is 4.79 Å². The Morgan fingerprint density at radius 2 is 1.56 bits per heavy atom. The Morgan fingerprint density at radius 1 is 0.911 bits per heavy atom. The molecule has 0 radical (unpaired) electrons. The molecule has 3 N–H and O–H groups in total. The fraction of sp³-hybridized carbons (Fsp3) is 0.441. The molecule has 0 aliphatic heterocycles. The summed E-state index contributed by atoms with van der Waals surface area (Å²) < 4.78 is 71.7. The molecule has 45 heavy (non-hydrogen) atoms. The van der Waals surface area contributed by atoms with E-state index in [1.54, 1.807) is 30.3 Å². The van der Waals surface area contributed by atoms with Gasteiger partial charge in [-0.25, -0.2) is 4.79 Å². The highest BCUT2D eigenvalue weighted by Crippen LogP contribution is 2.70. The van der Waals surface area contributed by atoms with Crippen molar-refractivity contribution in [2.75, 3.05) is 5.32 Å². The lowest BCUT2D eigenvalue weighted by molar-refractivity contribution is -0.362. The van der Waals surface area contributed by atoms with E-state index in [-0.39, 0.29) is 42.1 Å². The Hall–Kier alpha value is -3.86. The molecule has 4 aliphatic carbocycles. The van der Waals surface area contributed by atoms with E-state index in [4.69, 9.17) is 5.11 Å². The fourth-order valence-corrected chi connectivity index (χ4v) is 8.48. The van der Waals surface area contributed by atoms with Crippen LogP contribution in [0.2, 0.25) is 0 Å². The van der Waals surface area contributed by atoms with Crippen LogP contribution < -0.4 is 5.32 Å². The van der Waals surface area contributed by atoms with Crippen LogP contribution >= 0.6 is 0 Å². The zero-order valence-corrected chi connectivity index (χ0v) is 24.4. The number of fused-ring (bicyclic) bond motifs is 4. The van der Waals surface area contributed by atoms with Crippen LogP contribution in [0.15, 0.2) is 71.3 Å². The number of aromatic carboxylic acids is 1. The van der Waals surface area contributed by atoms with Crippen molar-refractivity contribution in [1.29, 1.82) is 0 Å².